The Labute approximate surface area is 116 Å². The maximum atomic E-state index is 6.07. The maximum absolute atomic E-state index is 6.07. The van der Waals surface area contributed by atoms with Crippen LogP contribution in [-0.4, -0.2) is 19.8 Å². The minimum atomic E-state index is 0.560. The third-order valence-electron chi connectivity index (χ3n) is 2.34. The smallest absolute Gasteiger partial charge is 0.124 e. The molecule has 0 bridgehead atoms. The van der Waals surface area contributed by atoms with Crippen LogP contribution in [0.15, 0.2) is 18.2 Å². The second-order valence-corrected chi connectivity index (χ2v) is 4.63. The molecule has 96 valence electrons. The van der Waals surface area contributed by atoms with E-state index >= 15 is 0 Å². The van der Waals surface area contributed by atoms with E-state index in [1.807, 2.05) is 18.2 Å². The Bertz CT molecular complexity index is 331. The lowest BCUT2D eigenvalue weighted by atomic mass is 10.2. The summed E-state index contributed by atoms with van der Waals surface area (Å²) in [6.07, 6.45) is 2.26. The molecule has 0 unspecified atom stereocenters. The van der Waals surface area contributed by atoms with Crippen LogP contribution in [0, 0.1) is 0 Å². The van der Waals surface area contributed by atoms with Crippen molar-refractivity contribution in [3.63, 3.8) is 0 Å². The van der Waals surface area contributed by atoms with Crippen molar-refractivity contribution in [2.75, 3.05) is 19.8 Å². The number of hydrogen-bond donors (Lipinski definition) is 0. The summed E-state index contributed by atoms with van der Waals surface area (Å²) in [6.45, 7) is 4.13. The first kappa shape index (κ1) is 14.8. The van der Waals surface area contributed by atoms with E-state index in [4.69, 9.17) is 21.1 Å². The molecule has 0 radical (unpaired) electrons. The zero-order chi connectivity index (χ0) is 12.5. The van der Waals surface area contributed by atoms with Gasteiger partial charge in [0, 0.05) is 22.5 Å². The molecule has 0 aliphatic carbocycles. The van der Waals surface area contributed by atoms with E-state index in [9.17, 15) is 0 Å². The van der Waals surface area contributed by atoms with Crippen LogP contribution in [0.5, 0.6) is 5.75 Å². The molecule has 4 heteroatoms. The Morgan fingerprint density at radius 1 is 1.24 bits per heavy atom. The molecule has 0 spiro atoms. The topological polar surface area (TPSA) is 18.5 Å². The summed E-state index contributed by atoms with van der Waals surface area (Å²) in [5.74, 6) is 0.827. The number of unbranched alkanes of at least 4 members (excludes halogenated alkanes) is 1. The number of benzene rings is 1. The molecule has 1 aromatic rings. The molecular formula is C13H18BrClO2. The molecule has 0 saturated carbocycles. The summed E-state index contributed by atoms with van der Waals surface area (Å²) >= 11 is 9.48. The molecule has 0 aromatic heterocycles. The van der Waals surface area contributed by atoms with Gasteiger partial charge in [-0.25, -0.2) is 0 Å². The lowest BCUT2D eigenvalue weighted by molar-refractivity contribution is 0.0978. The van der Waals surface area contributed by atoms with Crippen molar-refractivity contribution in [3.8, 4) is 5.75 Å². The van der Waals surface area contributed by atoms with Gasteiger partial charge in [-0.1, -0.05) is 46.9 Å². The van der Waals surface area contributed by atoms with Gasteiger partial charge in [0.15, 0.2) is 0 Å². The molecule has 17 heavy (non-hydrogen) atoms. The zero-order valence-corrected chi connectivity index (χ0v) is 12.4. The first-order valence-electron chi connectivity index (χ1n) is 5.83. The summed E-state index contributed by atoms with van der Waals surface area (Å²) in [5, 5.41) is 1.42. The van der Waals surface area contributed by atoms with E-state index in [0.29, 0.717) is 18.5 Å². The quantitative estimate of drug-likeness (QED) is 0.521. The minimum Gasteiger partial charge on any atom is -0.491 e. The SMILES string of the molecule is CCCCOCCOc1cccc(Cl)c1CBr. The standard InChI is InChI=1S/C13H18BrClO2/c1-2-3-7-16-8-9-17-13-6-4-5-12(15)11(13)10-14/h4-6H,2-3,7-10H2,1H3. The van der Waals surface area contributed by atoms with E-state index in [1.165, 1.54) is 0 Å². The summed E-state index contributed by atoms with van der Waals surface area (Å²) in [4.78, 5) is 0. The van der Waals surface area contributed by atoms with E-state index in [-0.39, 0.29) is 0 Å². The van der Waals surface area contributed by atoms with E-state index in [1.54, 1.807) is 0 Å². The average molecular weight is 322 g/mol. The second kappa shape index (κ2) is 8.78. The first-order chi connectivity index (χ1) is 8.29. The molecule has 2 nitrogen and oxygen atoms in total. The predicted octanol–water partition coefficient (Wildman–Crippen LogP) is 4.43. The molecule has 1 rings (SSSR count). The number of rotatable bonds is 8. The fourth-order valence-electron chi connectivity index (χ4n) is 1.36. The molecular weight excluding hydrogens is 303 g/mol. The van der Waals surface area contributed by atoms with Crippen LogP contribution < -0.4 is 4.74 Å². The van der Waals surface area contributed by atoms with Crippen LogP contribution in [0.3, 0.4) is 0 Å². The third kappa shape index (κ3) is 5.28. The lowest BCUT2D eigenvalue weighted by Gasteiger charge is -2.11. The lowest BCUT2D eigenvalue weighted by Crippen LogP contribution is -2.08. The van der Waals surface area contributed by atoms with Gasteiger partial charge in [-0.05, 0) is 18.6 Å². The summed E-state index contributed by atoms with van der Waals surface area (Å²) < 4.78 is 11.1. The van der Waals surface area contributed by atoms with Gasteiger partial charge in [0.1, 0.15) is 12.4 Å². The molecule has 0 aliphatic heterocycles. The highest BCUT2D eigenvalue weighted by Crippen LogP contribution is 2.28. The van der Waals surface area contributed by atoms with Gasteiger partial charge in [0.05, 0.1) is 6.61 Å². The highest BCUT2D eigenvalue weighted by molar-refractivity contribution is 9.08. The molecule has 0 N–H and O–H groups in total. The van der Waals surface area contributed by atoms with Crippen molar-refractivity contribution < 1.29 is 9.47 Å². The molecule has 0 heterocycles. The highest BCUT2D eigenvalue weighted by atomic mass is 79.9. The van der Waals surface area contributed by atoms with E-state index < -0.39 is 0 Å². The van der Waals surface area contributed by atoms with Gasteiger partial charge in [-0.2, -0.15) is 0 Å². The van der Waals surface area contributed by atoms with Gasteiger partial charge in [-0.3, -0.25) is 0 Å². The molecule has 0 fully saturated rings. The van der Waals surface area contributed by atoms with E-state index in [0.717, 1.165) is 35.8 Å². The predicted molar refractivity (Wildman–Crippen MR) is 75.3 cm³/mol. The van der Waals surface area contributed by atoms with Gasteiger partial charge in [0.2, 0.25) is 0 Å². The van der Waals surface area contributed by atoms with Crippen LogP contribution in [0.1, 0.15) is 25.3 Å². The van der Waals surface area contributed by atoms with Crippen molar-refractivity contribution in [1.29, 1.82) is 0 Å². The van der Waals surface area contributed by atoms with Gasteiger partial charge in [0.25, 0.3) is 0 Å². The number of alkyl halides is 1. The van der Waals surface area contributed by atoms with Crippen molar-refractivity contribution in [2.45, 2.75) is 25.1 Å². The largest absolute Gasteiger partial charge is 0.491 e. The Morgan fingerprint density at radius 3 is 2.76 bits per heavy atom. The molecule has 0 atom stereocenters. The Kier molecular flexibility index (Phi) is 7.65. The van der Waals surface area contributed by atoms with Crippen LogP contribution in [0.25, 0.3) is 0 Å². The summed E-state index contributed by atoms with van der Waals surface area (Å²) in [6, 6.07) is 5.68. The maximum Gasteiger partial charge on any atom is 0.124 e. The molecule has 0 saturated heterocycles. The minimum absolute atomic E-state index is 0.560. The number of halogens is 2. The molecule has 1 aromatic carbocycles. The Morgan fingerprint density at radius 2 is 2.06 bits per heavy atom. The molecule has 0 aliphatic rings. The molecule has 0 amide bonds. The first-order valence-corrected chi connectivity index (χ1v) is 7.33. The van der Waals surface area contributed by atoms with Crippen LogP contribution >= 0.6 is 27.5 Å². The van der Waals surface area contributed by atoms with Crippen LogP contribution in [0.4, 0.5) is 0 Å². The van der Waals surface area contributed by atoms with Gasteiger partial charge >= 0.3 is 0 Å². The Hall–Kier alpha value is -0.250. The number of hydrogen-bond acceptors (Lipinski definition) is 2. The summed E-state index contributed by atoms with van der Waals surface area (Å²) in [5.41, 5.74) is 0.989. The van der Waals surface area contributed by atoms with Gasteiger partial charge in [-0.15, -0.1) is 0 Å². The van der Waals surface area contributed by atoms with Crippen molar-refractivity contribution >= 4 is 27.5 Å². The third-order valence-corrected chi connectivity index (χ3v) is 3.25. The fourth-order valence-corrected chi connectivity index (χ4v) is 2.34. The van der Waals surface area contributed by atoms with Crippen LogP contribution in [0.2, 0.25) is 5.02 Å². The van der Waals surface area contributed by atoms with Crippen molar-refractivity contribution in [3.05, 3.63) is 28.8 Å². The normalized spacial score (nSPS) is 10.5. The zero-order valence-electron chi connectivity index (χ0n) is 10.0. The van der Waals surface area contributed by atoms with Crippen molar-refractivity contribution in [1.82, 2.24) is 0 Å². The number of ether oxygens (including phenoxy) is 2. The monoisotopic (exact) mass is 320 g/mol. The van der Waals surface area contributed by atoms with E-state index in [2.05, 4.69) is 22.9 Å². The second-order valence-electron chi connectivity index (χ2n) is 3.66. The van der Waals surface area contributed by atoms with Crippen molar-refractivity contribution in [2.24, 2.45) is 0 Å². The van der Waals surface area contributed by atoms with Gasteiger partial charge < -0.3 is 9.47 Å². The Balaban J connectivity index is 2.33. The average Bonchev–Trinajstić information content (AvgIpc) is 2.34. The highest BCUT2D eigenvalue weighted by Gasteiger charge is 2.06. The van der Waals surface area contributed by atoms with Crippen LogP contribution in [-0.2, 0) is 10.1 Å². The summed E-state index contributed by atoms with van der Waals surface area (Å²) in [7, 11) is 0. The fraction of sp³-hybridized carbons (Fsp3) is 0.538.